The molecule has 0 aliphatic carbocycles. The molecule has 4 aromatic heterocycles. The molecule has 0 amide bonds. The van der Waals surface area contributed by atoms with Crippen LogP contribution in [0.2, 0.25) is 0 Å². The largest absolute Gasteiger partial charge is 0.508 e. The number of unbranched alkanes of at least 4 members (excludes halogenated alkanes) is 2. The lowest BCUT2D eigenvalue weighted by molar-refractivity contribution is 0.193. The van der Waals surface area contributed by atoms with E-state index in [-0.39, 0.29) is 44.8 Å². The molecule has 2 aromatic carbocycles. The fourth-order valence-corrected chi connectivity index (χ4v) is 5.68. The number of aliphatic hydroxyl groups is 1. The molecule has 0 bridgehead atoms. The number of rotatable bonds is 15. The van der Waals surface area contributed by atoms with Gasteiger partial charge < -0.3 is 51.8 Å². The number of benzene rings is 2. The van der Waals surface area contributed by atoms with Gasteiger partial charge in [0, 0.05) is 49.5 Å². The zero-order valence-electron chi connectivity index (χ0n) is 31.0. The van der Waals surface area contributed by atoms with Crippen molar-refractivity contribution >= 4 is 45.9 Å². The maximum Gasteiger partial charge on any atom is 0.328 e. The van der Waals surface area contributed by atoms with Gasteiger partial charge in [-0.05, 0) is 61.8 Å². The molecule has 0 radical (unpaired) electrons. The number of fused-ring (bicyclic) bond motifs is 2. The molecule has 55 heavy (non-hydrogen) atoms. The van der Waals surface area contributed by atoms with Gasteiger partial charge in [0.15, 0.2) is 22.9 Å². The van der Waals surface area contributed by atoms with Crippen LogP contribution in [0.3, 0.4) is 0 Å². The molecule has 6 aromatic rings. The summed E-state index contributed by atoms with van der Waals surface area (Å²) in [6.07, 6.45) is 5.88. The molecule has 7 rings (SSSR count). The Morgan fingerprint density at radius 2 is 1.33 bits per heavy atom. The molecule has 5 heterocycles. The number of nitrogens with two attached hydrogens (primary N) is 2. The zero-order valence-corrected chi connectivity index (χ0v) is 31.0. The van der Waals surface area contributed by atoms with Gasteiger partial charge in [-0.25, -0.2) is 9.59 Å². The summed E-state index contributed by atoms with van der Waals surface area (Å²) in [6.45, 7) is 4.81. The van der Waals surface area contributed by atoms with Gasteiger partial charge in [-0.1, -0.05) is 42.5 Å². The number of hydrogen-bond donors (Lipinski definition) is 8. The summed E-state index contributed by atoms with van der Waals surface area (Å²) >= 11 is 0. The Bertz CT molecular complexity index is 2220. The molecule has 18 heteroatoms. The molecule has 18 nitrogen and oxygen atoms in total. The Morgan fingerprint density at radius 1 is 0.782 bits per heavy atom. The molecular weight excluding hydrogens is 708 g/mol. The van der Waals surface area contributed by atoms with E-state index in [1.165, 1.54) is 17.4 Å². The van der Waals surface area contributed by atoms with Crippen molar-refractivity contribution in [1.29, 1.82) is 0 Å². The number of anilines is 4. The number of aliphatic hydroxyl groups excluding tert-OH is 1. The lowest BCUT2D eigenvalue weighted by atomic mass is 10.2. The van der Waals surface area contributed by atoms with Gasteiger partial charge in [-0.3, -0.25) is 9.13 Å². The number of methoxy groups -OCH3 is 1. The van der Waals surface area contributed by atoms with Crippen LogP contribution in [0.1, 0.15) is 52.5 Å². The van der Waals surface area contributed by atoms with E-state index in [1.54, 1.807) is 29.9 Å². The number of ether oxygens (including phenoxy) is 2. The average molecular weight is 763 g/mol. The van der Waals surface area contributed by atoms with Gasteiger partial charge in [0.1, 0.15) is 16.8 Å². The molecule has 1 fully saturated rings. The number of imidazole rings is 2. The van der Waals surface area contributed by atoms with Crippen LogP contribution < -0.4 is 33.5 Å². The molecule has 1 saturated heterocycles. The molecule has 1 aliphatic rings. The highest BCUT2D eigenvalue weighted by atomic mass is 16.5. The first kappa shape index (κ1) is 40.2. The Morgan fingerprint density at radius 3 is 1.84 bits per heavy atom. The minimum Gasteiger partial charge on any atom is -0.508 e. The Hall–Kier alpha value is -5.98. The third-order valence-electron chi connectivity index (χ3n) is 8.49. The number of nitrogens with zero attached hydrogens (tertiary/aromatic N) is 6. The molecular formula is C37H54N12O6. The van der Waals surface area contributed by atoms with Crippen molar-refractivity contribution in [2.75, 3.05) is 68.7 Å². The first-order chi connectivity index (χ1) is 26.8. The van der Waals surface area contributed by atoms with Crippen molar-refractivity contribution in [2.24, 2.45) is 0 Å². The highest BCUT2D eigenvalue weighted by molar-refractivity contribution is 5.83. The highest BCUT2D eigenvalue weighted by Crippen LogP contribution is 2.20. The Labute approximate surface area is 319 Å². The number of hydrogen-bond acceptors (Lipinski definition) is 14. The first-order valence-corrected chi connectivity index (χ1v) is 18.3. The summed E-state index contributed by atoms with van der Waals surface area (Å²) in [6, 6.07) is 16.4. The van der Waals surface area contributed by atoms with Gasteiger partial charge in [-0.15, -0.1) is 0 Å². The second kappa shape index (κ2) is 20.5. The van der Waals surface area contributed by atoms with Crippen LogP contribution in [0.4, 0.5) is 23.5 Å². The smallest absolute Gasteiger partial charge is 0.328 e. The number of phenolic OH excluding ortho intramolecular Hbond substituents is 1. The molecule has 0 unspecified atom stereocenters. The topological polar surface area (TPSA) is 262 Å². The fraction of sp³-hybridized carbons (Fsp3) is 0.405. The van der Waals surface area contributed by atoms with E-state index in [0.29, 0.717) is 60.3 Å². The third kappa shape index (κ3) is 11.5. The van der Waals surface area contributed by atoms with Crippen LogP contribution in [-0.4, -0.2) is 95.9 Å². The second-order valence-electron chi connectivity index (χ2n) is 12.8. The van der Waals surface area contributed by atoms with Crippen LogP contribution in [0.15, 0.2) is 64.2 Å². The van der Waals surface area contributed by atoms with Crippen molar-refractivity contribution in [3.63, 3.8) is 0 Å². The minimum absolute atomic E-state index is 0. The van der Waals surface area contributed by atoms with Crippen LogP contribution in [-0.2, 0) is 22.6 Å². The van der Waals surface area contributed by atoms with E-state index in [4.69, 9.17) is 26.0 Å². The maximum atomic E-state index is 12.3. The summed E-state index contributed by atoms with van der Waals surface area (Å²) in [5.74, 6) is 1.32. The average Bonchev–Trinajstić information content (AvgIpc) is 3.93. The van der Waals surface area contributed by atoms with E-state index >= 15 is 0 Å². The van der Waals surface area contributed by atoms with E-state index in [1.807, 2.05) is 36.4 Å². The van der Waals surface area contributed by atoms with Crippen LogP contribution in [0.5, 0.6) is 5.75 Å². The van der Waals surface area contributed by atoms with Gasteiger partial charge >= 0.3 is 11.4 Å². The van der Waals surface area contributed by atoms with Gasteiger partial charge in [0.25, 0.3) is 0 Å². The summed E-state index contributed by atoms with van der Waals surface area (Å²) in [7, 11) is 1.68. The van der Waals surface area contributed by atoms with E-state index in [2.05, 4.69) is 40.5 Å². The number of aromatic hydroxyl groups is 1. The van der Waals surface area contributed by atoms with E-state index in [0.717, 1.165) is 50.2 Å². The molecule has 10 N–H and O–H groups in total. The van der Waals surface area contributed by atoms with Gasteiger partial charge in [0.2, 0.25) is 11.9 Å². The number of aromatic amines is 2. The van der Waals surface area contributed by atoms with E-state index < -0.39 is 0 Å². The zero-order chi connectivity index (χ0) is 39.0. The van der Waals surface area contributed by atoms with Gasteiger partial charge in [-0.2, -0.15) is 19.9 Å². The molecule has 0 spiro atoms. The van der Waals surface area contributed by atoms with Crippen LogP contribution >= 0.6 is 0 Å². The van der Waals surface area contributed by atoms with Crippen molar-refractivity contribution in [2.45, 2.75) is 51.6 Å². The molecule has 298 valence electrons. The maximum absolute atomic E-state index is 12.3. The first-order valence-electron chi connectivity index (χ1n) is 18.3. The summed E-state index contributed by atoms with van der Waals surface area (Å²) in [5.41, 5.74) is 14.8. The predicted molar refractivity (Wildman–Crippen MR) is 217 cm³/mol. The summed E-state index contributed by atoms with van der Waals surface area (Å²) < 4.78 is 13.0. The fourth-order valence-electron chi connectivity index (χ4n) is 5.68. The second-order valence-corrected chi connectivity index (χ2v) is 12.8. The SMILES string of the molecule is C1CCOC1.COCCCCNc1nc(N)c2[nH]c(=O)n(Cc3ccccc3)c2n1.Nc1nc(NCCCCO)nc2c1[nH]c(=O)n2Cc1cccc(O)c1.[HH].[HH]. The molecule has 1 aliphatic heterocycles. The molecule has 0 saturated carbocycles. The number of nitrogens with one attached hydrogen (secondary N) is 4. The molecule has 0 atom stereocenters. The lowest BCUT2D eigenvalue weighted by Gasteiger charge is -2.07. The van der Waals surface area contributed by atoms with Crippen molar-refractivity contribution in [3.05, 3.63) is 86.7 Å². The van der Waals surface area contributed by atoms with Crippen molar-refractivity contribution < 1.29 is 22.5 Å². The van der Waals surface area contributed by atoms with Crippen LogP contribution in [0, 0.1) is 0 Å². The summed E-state index contributed by atoms with van der Waals surface area (Å²) in [5, 5.41) is 24.6. The lowest BCUT2D eigenvalue weighted by Crippen LogP contribution is -2.18. The Kier molecular flexibility index (Phi) is 15.0. The number of aromatic nitrogens is 8. The summed E-state index contributed by atoms with van der Waals surface area (Å²) in [4.78, 5) is 47.2. The predicted octanol–water partition coefficient (Wildman–Crippen LogP) is 3.52. The minimum atomic E-state index is -0.350. The number of phenols is 1. The number of H-pyrrole nitrogens is 2. The standard InChI is InChI=1S/C17H22N6O2.C16H20N6O3.C4H8O.2H2/c1-25-10-6-5-9-19-16-21-14(18)13-15(22-16)23(17(24)20-13)11-12-7-3-2-4-8-12;17-13-12-14(21-15(20-13)18-6-1-2-7-23)22(16(25)19-12)9-10-4-3-5-11(24)8-10;1-2-4-5-3-1;;/h2-4,7-8H,5-6,9-11H2,1H3,(H,20,24)(H3,18,19,21,22);3-5,8,23-24H,1-2,6-7,9H2,(H,19,25)(H3,17,18,20,21);1-4H2;2*1H. The highest BCUT2D eigenvalue weighted by Gasteiger charge is 2.16. The van der Waals surface area contributed by atoms with Crippen LogP contribution in [0.25, 0.3) is 22.3 Å². The Balaban J connectivity index is 0.000000263. The van der Waals surface area contributed by atoms with E-state index in [9.17, 15) is 14.7 Å². The number of nitrogen functional groups attached to an aromatic ring is 2. The quantitative estimate of drug-likeness (QED) is 0.0697. The monoisotopic (exact) mass is 762 g/mol. The third-order valence-corrected chi connectivity index (χ3v) is 8.49. The van der Waals surface area contributed by atoms with Crippen molar-refractivity contribution in [1.82, 2.24) is 39.0 Å². The normalized spacial score (nSPS) is 12.3. The van der Waals surface area contributed by atoms with Gasteiger partial charge in [0.05, 0.1) is 13.1 Å². The van der Waals surface area contributed by atoms with Crippen molar-refractivity contribution in [3.8, 4) is 5.75 Å².